The highest BCUT2D eigenvalue weighted by Gasteiger charge is 2.41. The molecule has 2 saturated heterocycles. The number of amides is 2. The summed E-state index contributed by atoms with van der Waals surface area (Å²) in [6.45, 7) is 3.98. The maximum Gasteiger partial charge on any atom is 0.309 e. The van der Waals surface area contributed by atoms with E-state index in [-0.39, 0.29) is 29.6 Å². The fourth-order valence-corrected chi connectivity index (χ4v) is 3.80. The normalized spacial score (nSPS) is 26.3. The molecular formula is C17H26N2O4. The Balaban J connectivity index is 1.50. The summed E-state index contributed by atoms with van der Waals surface area (Å²) in [6.07, 6.45) is 5.03. The van der Waals surface area contributed by atoms with Crippen LogP contribution in [-0.4, -0.2) is 59.9 Å². The average molecular weight is 322 g/mol. The summed E-state index contributed by atoms with van der Waals surface area (Å²) in [5.41, 5.74) is 0. The lowest BCUT2D eigenvalue weighted by atomic mass is 9.92. The number of carbonyl (C=O) groups is 3. The molecule has 0 aromatic heterocycles. The van der Waals surface area contributed by atoms with E-state index >= 15 is 0 Å². The van der Waals surface area contributed by atoms with E-state index in [1.807, 2.05) is 16.7 Å². The third kappa shape index (κ3) is 3.35. The summed E-state index contributed by atoms with van der Waals surface area (Å²) in [5.74, 6) is -0.207. The molecule has 0 spiro atoms. The number of nitrogens with zero attached hydrogens (tertiary/aromatic N) is 2. The number of carbonyl (C=O) groups excluding carboxylic acids is 3. The van der Waals surface area contributed by atoms with Crippen LogP contribution < -0.4 is 0 Å². The van der Waals surface area contributed by atoms with Gasteiger partial charge in [-0.25, -0.2) is 0 Å². The van der Waals surface area contributed by atoms with Crippen LogP contribution >= 0.6 is 0 Å². The van der Waals surface area contributed by atoms with Gasteiger partial charge in [0.15, 0.2) is 0 Å². The summed E-state index contributed by atoms with van der Waals surface area (Å²) in [7, 11) is 0. The quantitative estimate of drug-likeness (QED) is 0.729. The molecule has 23 heavy (non-hydrogen) atoms. The highest BCUT2D eigenvalue weighted by molar-refractivity contribution is 5.89. The Labute approximate surface area is 137 Å². The molecule has 3 rings (SSSR count). The third-order valence-electron chi connectivity index (χ3n) is 5.45. The van der Waals surface area contributed by atoms with E-state index in [4.69, 9.17) is 4.74 Å². The van der Waals surface area contributed by atoms with Crippen LogP contribution in [0.4, 0.5) is 0 Å². The van der Waals surface area contributed by atoms with Gasteiger partial charge in [-0.3, -0.25) is 14.4 Å². The minimum atomic E-state index is -0.192. The van der Waals surface area contributed by atoms with Crippen molar-refractivity contribution in [1.82, 2.24) is 9.80 Å². The molecule has 6 nitrogen and oxygen atoms in total. The lowest BCUT2D eigenvalue weighted by molar-refractivity contribution is -0.151. The minimum Gasteiger partial charge on any atom is -0.466 e. The zero-order valence-electron chi connectivity index (χ0n) is 13.8. The molecule has 0 aromatic rings. The fraction of sp³-hybridized carbons (Fsp3) is 0.824. The first-order chi connectivity index (χ1) is 11.1. The molecule has 0 radical (unpaired) electrons. The molecule has 2 amide bonds. The summed E-state index contributed by atoms with van der Waals surface area (Å²) in [6, 6.07) is 0.370. The van der Waals surface area contributed by atoms with Crippen molar-refractivity contribution in [2.45, 2.75) is 51.5 Å². The SMILES string of the molecule is CCOC(=O)C1CCN(C(=O)C2CC(=O)N(C3CCC3)C2)CC1. The van der Waals surface area contributed by atoms with Gasteiger partial charge < -0.3 is 14.5 Å². The summed E-state index contributed by atoms with van der Waals surface area (Å²) in [5, 5.41) is 0. The number of hydrogen-bond donors (Lipinski definition) is 0. The molecular weight excluding hydrogens is 296 g/mol. The molecule has 1 atom stereocenters. The molecule has 2 heterocycles. The zero-order chi connectivity index (χ0) is 16.4. The topological polar surface area (TPSA) is 66.9 Å². The van der Waals surface area contributed by atoms with Crippen LogP contribution in [0.1, 0.15) is 45.4 Å². The van der Waals surface area contributed by atoms with Gasteiger partial charge in [-0.1, -0.05) is 0 Å². The first kappa shape index (κ1) is 16.3. The van der Waals surface area contributed by atoms with Gasteiger partial charge in [0.05, 0.1) is 18.4 Å². The molecule has 0 bridgehead atoms. The number of rotatable bonds is 4. The van der Waals surface area contributed by atoms with Crippen molar-refractivity contribution in [3.05, 3.63) is 0 Å². The summed E-state index contributed by atoms with van der Waals surface area (Å²) < 4.78 is 5.06. The van der Waals surface area contributed by atoms with Gasteiger partial charge in [-0.2, -0.15) is 0 Å². The Morgan fingerprint density at radius 1 is 1.13 bits per heavy atom. The van der Waals surface area contributed by atoms with Crippen LogP contribution in [0, 0.1) is 11.8 Å². The first-order valence-electron chi connectivity index (χ1n) is 8.85. The molecule has 1 aliphatic carbocycles. The molecule has 0 aromatic carbocycles. The molecule has 3 fully saturated rings. The highest BCUT2D eigenvalue weighted by Crippen LogP contribution is 2.32. The predicted molar refractivity (Wildman–Crippen MR) is 83.4 cm³/mol. The minimum absolute atomic E-state index is 0.0856. The van der Waals surface area contributed by atoms with E-state index in [1.54, 1.807) is 0 Å². The second-order valence-corrected chi connectivity index (χ2v) is 6.88. The second kappa shape index (κ2) is 6.89. The van der Waals surface area contributed by atoms with Crippen molar-refractivity contribution < 1.29 is 19.1 Å². The highest BCUT2D eigenvalue weighted by atomic mass is 16.5. The van der Waals surface area contributed by atoms with Gasteiger partial charge in [0.25, 0.3) is 0 Å². The molecule has 128 valence electrons. The van der Waals surface area contributed by atoms with Gasteiger partial charge in [-0.15, -0.1) is 0 Å². The summed E-state index contributed by atoms with van der Waals surface area (Å²) >= 11 is 0. The average Bonchev–Trinajstić information content (AvgIpc) is 2.87. The lowest BCUT2D eigenvalue weighted by Crippen LogP contribution is -2.45. The number of hydrogen-bond acceptors (Lipinski definition) is 4. The van der Waals surface area contributed by atoms with E-state index in [2.05, 4.69) is 0 Å². The Morgan fingerprint density at radius 2 is 1.83 bits per heavy atom. The standard InChI is InChI=1S/C17H26N2O4/c1-2-23-17(22)12-6-8-18(9-7-12)16(21)13-10-15(20)19(11-13)14-4-3-5-14/h12-14H,2-11H2,1H3. The Bertz CT molecular complexity index is 481. The smallest absolute Gasteiger partial charge is 0.309 e. The van der Waals surface area contributed by atoms with Gasteiger partial charge in [0.1, 0.15) is 0 Å². The van der Waals surface area contributed by atoms with Crippen LogP contribution in [0.25, 0.3) is 0 Å². The third-order valence-corrected chi connectivity index (χ3v) is 5.45. The first-order valence-corrected chi connectivity index (χ1v) is 8.85. The van der Waals surface area contributed by atoms with Gasteiger partial charge in [0.2, 0.25) is 11.8 Å². The Morgan fingerprint density at radius 3 is 2.39 bits per heavy atom. The number of likely N-dealkylation sites (tertiary alicyclic amines) is 2. The lowest BCUT2D eigenvalue weighted by Gasteiger charge is -2.35. The predicted octanol–water partition coefficient (Wildman–Crippen LogP) is 1.19. The molecule has 3 aliphatic rings. The van der Waals surface area contributed by atoms with Crippen LogP contribution in [-0.2, 0) is 19.1 Å². The van der Waals surface area contributed by atoms with E-state index in [0.29, 0.717) is 51.5 Å². The van der Waals surface area contributed by atoms with Crippen molar-refractivity contribution in [2.24, 2.45) is 11.8 Å². The van der Waals surface area contributed by atoms with Crippen molar-refractivity contribution >= 4 is 17.8 Å². The molecule has 0 N–H and O–H groups in total. The molecule has 6 heteroatoms. The fourth-order valence-electron chi connectivity index (χ4n) is 3.80. The van der Waals surface area contributed by atoms with Gasteiger partial charge in [0, 0.05) is 32.1 Å². The molecule has 1 unspecified atom stereocenters. The van der Waals surface area contributed by atoms with E-state index in [9.17, 15) is 14.4 Å². The number of esters is 1. The van der Waals surface area contributed by atoms with Crippen molar-refractivity contribution in [3.63, 3.8) is 0 Å². The van der Waals surface area contributed by atoms with Crippen molar-refractivity contribution in [1.29, 1.82) is 0 Å². The van der Waals surface area contributed by atoms with Crippen LogP contribution in [0.3, 0.4) is 0 Å². The van der Waals surface area contributed by atoms with Gasteiger partial charge in [-0.05, 0) is 39.0 Å². The molecule has 1 saturated carbocycles. The monoisotopic (exact) mass is 322 g/mol. The Kier molecular flexibility index (Phi) is 4.87. The van der Waals surface area contributed by atoms with Crippen LogP contribution in [0.5, 0.6) is 0 Å². The Hall–Kier alpha value is -1.59. The van der Waals surface area contributed by atoms with E-state index < -0.39 is 0 Å². The maximum absolute atomic E-state index is 12.7. The van der Waals surface area contributed by atoms with Gasteiger partial charge >= 0.3 is 5.97 Å². The number of ether oxygens (including phenoxy) is 1. The molecule has 2 aliphatic heterocycles. The zero-order valence-corrected chi connectivity index (χ0v) is 13.8. The van der Waals surface area contributed by atoms with Crippen molar-refractivity contribution in [2.75, 3.05) is 26.2 Å². The summed E-state index contributed by atoms with van der Waals surface area (Å²) in [4.78, 5) is 40.3. The van der Waals surface area contributed by atoms with Crippen LogP contribution in [0.2, 0.25) is 0 Å². The van der Waals surface area contributed by atoms with Crippen molar-refractivity contribution in [3.8, 4) is 0 Å². The number of piperidine rings is 1. The second-order valence-electron chi connectivity index (χ2n) is 6.88. The largest absolute Gasteiger partial charge is 0.466 e. The van der Waals surface area contributed by atoms with E-state index in [1.165, 1.54) is 6.42 Å². The maximum atomic E-state index is 12.7. The van der Waals surface area contributed by atoms with Crippen LogP contribution in [0.15, 0.2) is 0 Å². The van der Waals surface area contributed by atoms with E-state index in [0.717, 1.165) is 12.8 Å².